The summed E-state index contributed by atoms with van der Waals surface area (Å²) in [7, 11) is 0. The molecule has 2 aromatic rings. The number of phenolic OH excluding ortho intramolecular Hbond substituents is 1. The molecule has 1 aliphatic heterocycles. The molecule has 0 atom stereocenters. The van der Waals surface area contributed by atoms with Crippen molar-refractivity contribution in [2.24, 2.45) is 5.92 Å². The second-order valence-electron chi connectivity index (χ2n) is 6.66. The van der Waals surface area contributed by atoms with Crippen molar-refractivity contribution in [1.82, 2.24) is 0 Å². The maximum absolute atomic E-state index is 12.5. The number of phenols is 1. The van der Waals surface area contributed by atoms with E-state index in [0.29, 0.717) is 19.1 Å². The number of rotatable bonds is 5. The van der Waals surface area contributed by atoms with Crippen molar-refractivity contribution in [1.29, 1.82) is 0 Å². The first-order valence-electron chi connectivity index (χ1n) is 8.69. The van der Waals surface area contributed by atoms with Crippen LogP contribution in [0.15, 0.2) is 48.5 Å². The fraction of sp³-hybridized carbons (Fsp3) is 0.400. The summed E-state index contributed by atoms with van der Waals surface area (Å²) in [5.41, 5.74) is 1.22. The summed E-state index contributed by atoms with van der Waals surface area (Å²) in [4.78, 5) is 2.28. The summed E-state index contributed by atoms with van der Waals surface area (Å²) in [6.45, 7) is 2.80. The van der Waals surface area contributed by atoms with Crippen LogP contribution in [0, 0.1) is 5.92 Å². The molecule has 2 aromatic carbocycles. The van der Waals surface area contributed by atoms with Crippen molar-refractivity contribution < 1.29 is 23.0 Å². The Morgan fingerprint density at radius 1 is 0.962 bits per heavy atom. The third-order valence-electron chi connectivity index (χ3n) is 4.73. The lowest BCUT2D eigenvalue weighted by Gasteiger charge is -2.33. The lowest BCUT2D eigenvalue weighted by atomic mass is 9.97. The molecule has 26 heavy (non-hydrogen) atoms. The summed E-state index contributed by atoms with van der Waals surface area (Å²) in [6.07, 6.45) is -2.29. The Hall–Kier alpha value is -2.21. The summed E-state index contributed by atoms with van der Waals surface area (Å²) in [6, 6.07) is 12.3. The van der Waals surface area contributed by atoms with Crippen molar-refractivity contribution in [3.05, 3.63) is 59.7 Å². The van der Waals surface area contributed by atoms with Crippen LogP contribution in [0.2, 0.25) is 0 Å². The normalized spacial score (nSPS) is 16.0. The van der Waals surface area contributed by atoms with Crippen molar-refractivity contribution in [3.8, 4) is 5.75 Å². The molecule has 0 aromatic heterocycles. The number of hydrogen-bond acceptors (Lipinski definition) is 3. The van der Waals surface area contributed by atoms with E-state index in [1.54, 1.807) is 12.1 Å². The van der Waals surface area contributed by atoms with E-state index < -0.39 is 11.7 Å². The van der Waals surface area contributed by atoms with E-state index >= 15 is 0 Å². The number of alkyl halides is 3. The van der Waals surface area contributed by atoms with Gasteiger partial charge in [0.25, 0.3) is 0 Å². The monoisotopic (exact) mass is 365 g/mol. The number of benzene rings is 2. The largest absolute Gasteiger partial charge is 0.508 e. The van der Waals surface area contributed by atoms with E-state index in [4.69, 9.17) is 4.74 Å². The molecule has 0 aliphatic carbocycles. The van der Waals surface area contributed by atoms with E-state index in [9.17, 15) is 18.3 Å². The molecule has 140 valence electrons. The van der Waals surface area contributed by atoms with E-state index in [-0.39, 0.29) is 5.75 Å². The second kappa shape index (κ2) is 7.99. The zero-order valence-corrected chi connectivity index (χ0v) is 14.4. The van der Waals surface area contributed by atoms with Gasteiger partial charge in [0.05, 0.1) is 12.2 Å². The smallest absolute Gasteiger partial charge is 0.416 e. The van der Waals surface area contributed by atoms with Crippen LogP contribution in [0.4, 0.5) is 18.9 Å². The molecular weight excluding hydrogens is 343 g/mol. The van der Waals surface area contributed by atoms with Gasteiger partial charge < -0.3 is 14.7 Å². The zero-order chi connectivity index (χ0) is 18.6. The Kier molecular flexibility index (Phi) is 5.71. The Labute approximate surface area is 151 Å². The van der Waals surface area contributed by atoms with Crippen LogP contribution in [-0.4, -0.2) is 24.8 Å². The Balaban J connectivity index is 1.40. The fourth-order valence-corrected chi connectivity index (χ4v) is 3.15. The molecule has 1 aliphatic rings. The molecule has 0 radical (unpaired) electrons. The van der Waals surface area contributed by atoms with Crippen LogP contribution >= 0.6 is 0 Å². The SMILES string of the molecule is Oc1ccc(N2CCC(COCc3ccc(C(F)(F)F)cc3)CC2)cc1. The topological polar surface area (TPSA) is 32.7 Å². The van der Waals surface area contributed by atoms with Gasteiger partial charge >= 0.3 is 6.18 Å². The Morgan fingerprint density at radius 2 is 1.58 bits per heavy atom. The lowest BCUT2D eigenvalue weighted by Crippen LogP contribution is -2.35. The highest BCUT2D eigenvalue weighted by Crippen LogP contribution is 2.29. The summed E-state index contributed by atoms with van der Waals surface area (Å²) < 4.78 is 43.3. The molecule has 1 saturated heterocycles. The number of piperidine rings is 1. The third kappa shape index (κ3) is 4.91. The van der Waals surface area contributed by atoms with Crippen LogP contribution in [-0.2, 0) is 17.5 Å². The molecule has 1 N–H and O–H groups in total. The van der Waals surface area contributed by atoms with Crippen molar-refractivity contribution >= 4 is 5.69 Å². The van der Waals surface area contributed by atoms with Crippen molar-refractivity contribution in [2.75, 3.05) is 24.6 Å². The minimum Gasteiger partial charge on any atom is -0.508 e. The van der Waals surface area contributed by atoms with Crippen LogP contribution in [0.25, 0.3) is 0 Å². The van der Waals surface area contributed by atoms with Gasteiger partial charge in [-0.3, -0.25) is 0 Å². The van der Waals surface area contributed by atoms with Gasteiger partial charge in [0, 0.05) is 25.4 Å². The first-order chi connectivity index (χ1) is 12.4. The van der Waals surface area contributed by atoms with E-state index in [0.717, 1.165) is 49.3 Å². The van der Waals surface area contributed by atoms with E-state index in [1.807, 2.05) is 12.1 Å². The molecule has 0 saturated carbocycles. The van der Waals surface area contributed by atoms with Gasteiger partial charge in [0.2, 0.25) is 0 Å². The molecule has 0 spiro atoms. The molecule has 0 unspecified atom stereocenters. The zero-order valence-electron chi connectivity index (χ0n) is 14.4. The number of anilines is 1. The first kappa shape index (κ1) is 18.6. The average Bonchev–Trinajstić information content (AvgIpc) is 2.63. The highest BCUT2D eigenvalue weighted by Gasteiger charge is 2.29. The minimum atomic E-state index is -4.30. The summed E-state index contributed by atoms with van der Waals surface area (Å²) >= 11 is 0. The van der Waals surface area contributed by atoms with Crippen LogP contribution in [0.5, 0.6) is 5.75 Å². The molecule has 3 nitrogen and oxygen atoms in total. The molecule has 0 amide bonds. The molecule has 1 heterocycles. The second-order valence-corrected chi connectivity index (χ2v) is 6.66. The maximum atomic E-state index is 12.5. The predicted octanol–water partition coefficient (Wildman–Crippen LogP) is 4.84. The van der Waals surface area contributed by atoms with Gasteiger partial charge in [-0.15, -0.1) is 0 Å². The first-order valence-corrected chi connectivity index (χ1v) is 8.69. The number of aromatic hydroxyl groups is 1. The van der Waals surface area contributed by atoms with Gasteiger partial charge in [-0.2, -0.15) is 13.2 Å². The Bertz CT molecular complexity index is 690. The number of halogens is 3. The van der Waals surface area contributed by atoms with Gasteiger partial charge in [-0.05, 0) is 60.7 Å². The fourth-order valence-electron chi connectivity index (χ4n) is 3.15. The summed E-state index contributed by atoms with van der Waals surface area (Å²) in [5, 5.41) is 9.35. The molecule has 3 rings (SSSR count). The quantitative estimate of drug-likeness (QED) is 0.823. The maximum Gasteiger partial charge on any atom is 0.416 e. The molecule has 0 bridgehead atoms. The van der Waals surface area contributed by atoms with Crippen molar-refractivity contribution in [2.45, 2.75) is 25.6 Å². The highest BCUT2D eigenvalue weighted by molar-refractivity contribution is 5.49. The number of hydrogen-bond donors (Lipinski definition) is 1. The predicted molar refractivity (Wildman–Crippen MR) is 94.1 cm³/mol. The van der Waals surface area contributed by atoms with Gasteiger partial charge in [0.15, 0.2) is 0 Å². The minimum absolute atomic E-state index is 0.264. The number of nitrogens with zero attached hydrogens (tertiary/aromatic N) is 1. The van der Waals surface area contributed by atoms with Gasteiger partial charge in [-0.1, -0.05) is 12.1 Å². The van der Waals surface area contributed by atoms with Crippen LogP contribution in [0.3, 0.4) is 0 Å². The molecular formula is C20H22F3NO2. The average molecular weight is 365 g/mol. The summed E-state index contributed by atoms with van der Waals surface area (Å²) in [5.74, 6) is 0.720. The standard InChI is InChI=1S/C20H22F3NO2/c21-20(22,23)17-3-1-15(2-4-17)13-26-14-16-9-11-24(12-10-16)18-5-7-19(25)8-6-18/h1-8,16,25H,9-14H2. The molecule has 6 heteroatoms. The van der Waals surface area contributed by atoms with Crippen molar-refractivity contribution in [3.63, 3.8) is 0 Å². The van der Waals surface area contributed by atoms with Crippen LogP contribution in [0.1, 0.15) is 24.0 Å². The van der Waals surface area contributed by atoms with Gasteiger partial charge in [0.1, 0.15) is 5.75 Å². The molecule has 1 fully saturated rings. The van der Waals surface area contributed by atoms with E-state index in [1.165, 1.54) is 12.1 Å². The lowest BCUT2D eigenvalue weighted by molar-refractivity contribution is -0.137. The third-order valence-corrected chi connectivity index (χ3v) is 4.73. The van der Waals surface area contributed by atoms with E-state index in [2.05, 4.69) is 4.90 Å². The Morgan fingerprint density at radius 3 is 2.15 bits per heavy atom. The van der Waals surface area contributed by atoms with Crippen LogP contribution < -0.4 is 4.90 Å². The highest BCUT2D eigenvalue weighted by atomic mass is 19.4. The number of ether oxygens (including phenoxy) is 1. The van der Waals surface area contributed by atoms with Gasteiger partial charge in [-0.25, -0.2) is 0 Å².